The van der Waals surface area contributed by atoms with Gasteiger partial charge in [0.15, 0.2) is 0 Å². The number of hydrogen-bond donors (Lipinski definition) is 2. The van der Waals surface area contributed by atoms with Crippen LogP contribution in [-0.2, 0) is 9.59 Å². The fourth-order valence-corrected chi connectivity index (χ4v) is 3.57. The zero-order valence-corrected chi connectivity index (χ0v) is 16.0. The molecule has 1 aromatic carbocycles. The minimum absolute atomic E-state index is 0. The van der Waals surface area contributed by atoms with Crippen LogP contribution in [0.15, 0.2) is 18.2 Å². The van der Waals surface area contributed by atoms with Crippen LogP contribution in [0.25, 0.3) is 0 Å². The number of aryl methyl sites for hydroxylation is 1. The highest BCUT2D eigenvalue weighted by Gasteiger charge is 2.44. The number of carbonyl (C=O) groups is 2. The van der Waals surface area contributed by atoms with E-state index in [1.165, 1.54) is 0 Å². The van der Waals surface area contributed by atoms with E-state index in [0.717, 1.165) is 29.7 Å². The Morgan fingerprint density at radius 3 is 2.64 bits per heavy atom. The monoisotopic (exact) mass is 365 g/mol. The fourth-order valence-electron chi connectivity index (χ4n) is 3.57. The second kappa shape index (κ2) is 7.34. The number of nitrogens with one attached hydrogen (secondary N) is 1. The molecule has 1 saturated heterocycles. The van der Waals surface area contributed by atoms with Crippen LogP contribution in [0.3, 0.4) is 0 Å². The molecule has 0 radical (unpaired) electrons. The number of halogens is 1. The summed E-state index contributed by atoms with van der Waals surface area (Å²) in [5.41, 5.74) is 8.71. The highest BCUT2D eigenvalue weighted by Crippen LogP contribution is 2.39. The predicted octanol–water partition coefficient (Wildman–Crippen LogP) is 2.32. The van der Waals surface area contributed by atoms with E-state index in [1.54, 1.807) is 4.90 Å². The van der Waals surface area contributed by atoms with Gasteiger partial charge in [-0.05, 0) is 56.7 Å². The van der Waals surface area contributed by atoms with Crippen LogP contribution in [0, 0.1) is 25.7 Å². The number of nitrogens with two attached hydrogens (primary N) is 1. The van der Waals surface area contributed by atoms with Crippen LogP contribution in [-0.4, -0.2) is 30.4 Å². The molecule has 2 atom stereocenters. The molecule has 25 heavy (non-hydrogen) atoms. The highest BCUT2D eigenvalue weighted by molar-refractivity contribution is 6.01. The molecule has 2 unspecified atom stereocenters. The van der Waals surface area contributed by atoms with Crippen molar-refractivity contribution in [3.05, 3.63) is 29.3 Å². The van der Waals surface area contributed by atoms with Crippen molar-refractivity contribution in [1.82, 2.24) is 5.32 Å². The Morgan fingerprint density at radius 1 is 1.36 bits per heavy atom. The van der Waals surface area contributed by atoms with Gasteiger partial charge in [-0.1, -0.05) is 12.1 Å². The molecule has 0 bridgehead atoms. The first-order valence-corrected chi connectivity index (χ1v) is 8.74. The van der Waals surface area contributed by atoms with Crippen molar-refractivity contribution in [3.8, 4) is 0 Å². The SMILES string of the molecule is Cc1cccc(N2CC(C(=O)NC(C)(CN)C3CC3)CC2=O)c1C.Cl. The van der Waals surface area contributed by atoms with Gasteiger partial charge in [-0.25, -0.2) is 0 Å². The molecule has 1 aliphatic heterocycles. The van der Waals surface area contributed by atoms with E-state index in [4.69, 9.17) is 5.73 Å². The summed E-state index contributed by atoms with van der Waals surface area (Å²) in [6.45, 7) is 6.95. The first-order chi connectivity index (χ1) is 11.4. The van der Waals surface area contributed by atoms with Crippen LogP contribution >= 0.6 is 12.4 Å². The zero-order valence-electron chi connectivity index (χ0n) is 15.2. The first-order valence-electron chi connectivity index (χ1n) is 8.74. The summed E-state index contributed by atoms with van der Waals surface area (Å²) in [6, 6.07) is 5.94. The molecule has 2 amide bonds. The lowest BCUT2D eigenvalue weighted by Crippen LogP contribution is -2.54. The summed E-state index contributed by atoms with van der Waals surface area (Å²) in [7, 11) is 0. The van der Waals surface area contributed by atoms with Gasteiger partial charge in [0.05, 0.1) is 11.5 Å². The van der Waals surface area contributed by atoms with Gasteiger partial charge in [0, 0.05) is 25.2 Å². The summed E-state index contributed by atoms with van der Waals surface area (Å²) in [5.74, 6) is 0.140. The van der Waals surface area contributed by atoms with Crippen molar-refractivity contribution in [2.45, 2.75) is 45.6 Å². The van der Waals surface area contributed by atoms with E-state index in [0.29, 0.717) is 19.0 Å². The van der Waals surface area contributed by atoms with Crippen molar-refractivity contribution in [2.24, 2.45) is 17.6 Å². The van der Waals surface area contributed by atoms with Gasteiger partial charge in [0.2, 0.25) is 11.8 Å². The second-order valence-corrected chi connectivity index (χ2v) is 7.51. The minimum atomic E-state index is -0.340. The Balaban J connectivity index is 0.00000225. The van der Waals surface area contributed by atoms with E-state index in [-0.39, 0.29) is 42.1 Å². The molecule has 2 fully saturated rings. The highest BCUT2D eigenvalue weighted by atomic mass is 35.5. The minimum Gasteiger partial charge on any atom is -0.349 e. The van der Waals surface area contributed by atoms with Gasteiger partial charge < -0.3 is 16.0 Å². The third-order valence-electron chi connectivity index (χ3n) is 5.67. The molecular weight excluding hydrogens is 338 g/mol. The summed E-state index contributed by atoms with van der Waals surface area (Å²) in [4.78, 5) is 26.9. The molecule has 5 nitrogen and oxygen atoms in total. The fraction of sp³-hybridized carbons (Fsp3) is 0.579. The van der Waals surface area contributed by atoms with Crippen LogP contribution in [0.1, 0.15) is 37.3 Å². The quantitative estimate of drug-likeness (QED) is 0.840. The molecule has 1 heterocycles. The predicted molar refractivity (Wildman–Crippen MR) is 102 cm³/mol. The average molecular weight is 366 g/mol. The van der Waals surface area contributed by atoms with Crippen molar-refractivity contribution in [3.63, 3.8) is 0 Å². The number of rotatable bonds is 5. The number of anilines is 1. The molecule has 6 heteroatoms. The van der Waals surface area contributed by atoms with E-state index in [1.807, 2.05) is 39.0 Å². The van der Waals surface area contributed by atoms with Crippen LogP contribution < -0.4 is 16.0 Å². The van der Waals surface area contributed by atoms with Gasteiger partial charge in [-0.15, -0.1) is 12.4 Å². The summed E-state index contributed by atoms with van der Waals surface area (Å²) in [5, 5.41) is 3.12. The molecule has 0 spiro atoms. The Morgan fingerprint density at radius 2 is 2.04 bits per heavy atom. The maximum absolute atomic E-state index is 12.7. The Labute approximate surface area is 155 Å². The van der Waals surface area contributed by atoms with Crippen molar-refractivity contribution in [1.29, 1.82) is 0 Å². The molecule has 1 aromatic rings. The summed E-state index contributed by atoms with van der Waals surface area (Å²) >= 11 is 0. The smallest absolute Gasteiger partial charge is 0.227 e. The molecule has 2 aliphatic rings. The third-order valence-corrected chi connectivity index (χ3v) is 5.67. The molecule has 1 saturated carbocycles. The maximum atomic E-state index is 12.7. The molecule has 3 rings (SSSR count). The standard InChI is InChI=1S/C19H27N3O2.ClH/c1-12-5-4-6-16(13(12)2)22-10-14(9-17(22)23)18(24)21-19(3,11-20)15-7-8-15;/h4-6,14-15H,7-11,20H2,1-3H3,(H,21,24);1H. The van der Waals surface area contributed by atoms with E-state index in [2.05, 4.69) is 5.32 Å². The Hall–Kier alpha value is -1.59. The third kappa shape index (κ3) is 3.82. The summed E-state index contributed by atoms with van der Waals surface area (Å²) < 4.78 is 0. The van der Waals surface area contributed by atoms with E-state index < -0.39 is 0 Å². The topological polar surface area (TPSA) is 75.4 Å². The largest absolute Gasteiger partial charge is 0.349 e. The van der Waals surface area contributed by atoms with Gasteiger partial charge in [0.1, 0.15) is 0 Å². The lowest BCUT2D eigenvalue weighted by Gasteiger charge is -2.30. The molecule has 0 aromatic heterocycles. The Bertz CT molecular complexity index is 675. The molecule has 3 N–H and O–H groups in total. The van der Waals surface area contributed by atoms with Crippen molar-refractivity contribution < 1.29 is 9.59 Å². The van der Waals surface area contributed by atoms with Crippen LogP contribution in [0.5, 0.6) is 0 Å². The first kappa shape index (κ1) is 19.7. The van der Waals surface area contributed by atoms with Gasteiger partial charge in [-0.2, -0.15) is 0 Å². The van der Waals surface area contributed by atoms with Crippen molar-refractivity contribution >= 4 is 29.9 Å². The number of benzene rings is 1. The lowest BCUT2D eigenvalue weighted by molar-refractivity contribution is -0.128. The number of carbonyl (C=O) groups excluding carboxylic acids is 2. The van der Waals surface area contributed by atoms with Gasteiger partial charge in [-0.3, -0.25) is 9.59 Å². The molecular formula is C19H28ClN3O2. The van der Waals surface area contributed by atoms with Gasteiger partial charge in [0.25, 0.3) is 0 Å². The summed E-state index contributed by atoms with van der Waals surface area (Å²) in [6.07, 6.45) is 2.50. The second-order valence-electron chi connectivity index (χ2n) is 7.51. The maximum Gasteiger partial charge on any atom is 0.227 e. The van der Waals surface area contributed by atoms with Crippen LogP contribution in [0.4, 0.5) is 5.69 Å². The zero-order chi connectivity index (χ0) is 17.5. The van der Waals surface area contributed by atoms with Crippen LogP contribution in [0.2, 0.25) is 0 Å². The number of amides is 2. The molecule has 138 valence electrons. The van der Waals surface area contributed by atoms with E-state index >= 15 is 0 Å². The normalized spacial score (nSPS) is 22.3. The average Bonchev–Trinajstić information content (AvgIpc) is 3.34. The van der Waals surface area contributed by atoms with E-state index in [9.17, 15) is 9.59 Å². The Kier molecular flexibility index (Phi) is 5.79. The number of hydrogen-bond acceptors (Lipinski definition) is 3. The van der Waals surface area contributed by atoms with Crippen molar-refractivity contribution in [2.75, 3.05) is 18.0 Å². The van der Waals surface area contributed by atoms with Gasteiger partial charge >= 0.3 is 0 Å². The molecule has 1 aliphatic carbocycles. The lowest BCUT2D eigenvalue weighted by atomic mass is 9.94. The number of nitrogens with zero attached hydrogens (tertiary/aromatic N) is 1.